The molecule has 1 aromatic carbocycles. The monoisotopic (exact) mass is 135 g/mol. The van der Waals surface area contributed by atoms with E-state index in [9.17, 15) is 0 Å². The van der Waals surface area contributed by atoms with Gasteiger partial charge in [-0.15, -0.1) is 0 Å². The topological polar surface area (TPSA) is 38.5 Å². The summed E-state index contributed by atoms with van der Waals surface area (Å²) in [6.07, 6.45) is 0. The molecule has 0 aromatic heterocycles. The fourth-order valence-electron chi connectivity index (χ4n) is 0.965. The molecule has 1 atom stereocenters. The van der Waals surface area contributed by atoms with Crippen molar-refractivity contribution in [1.82, 2.24) is 0 Å². The summed E-state index contributed by atoms with van der Waals surface area (Å²) in [6, 6.07) is 9.85. The van der Waals surface area contributed by atoms with Gasteiger partial charge in [-0.3, -0.25) is 5.73 Å². The van der Waals surface area contributed by atoms with Gasteiger partial charge in [0.2, 0.25) is 0 Å². The SMILES string of the molecule is NC1(c2ccccc2)CO1. The standard InChI is InChI=1S/C8H9NO/c9-8(6-10-8)7-4-2-1-3-5-7/h1-5H,6,9H2. The van der Waals surface area contributed by atoms with Crippen molar-refractivity contribution in [2.75, 3.05) is 6.61 Å². The van der Waals surface area contributed by atoms with Crippen molar-refractivity contribution >= 4 is 0 Å². The summed E-state index contributed by atoms with van der Waals surface area (Å²) in [5.41, 5.74) is 6.35. The van der Waals surface area contributed by atoms with E-state index in [1.165, 1.54) is 0 Å². The molecule has 1 aromatic rings. The van der Waals surface area contributed by atoms with Crippen molar-refractivity contribution in [3.8, 4) is 0 Å². The normalized spacial score (nSPS) is 30.1. The van der Waals surface area contributed by atoms with Crippen molar-refractivity contribution < 1.29 is 4.74 Å². The van der Waals surface area contributed by atoms with E-state index in [-0.39, 0.29) is 0 Å². The zero-order valence-corrected chi connectivity index (χ0v) is 5.58. The number of benzene rings is 1. The number of hydrogen-bond donors (Lipinski definition) is 1. The number of nitrogens with two attached hydrogens (primary N) is 1. The fourth-order valence-corrected chi connectivity index (χ4v) is 0.965. The average Bonchev–Trinajstić information content (AvgIpc) is 2.72. The van der Waals surface area contributed by atoms with E-state index >= 15 is 0 Å². The maximum atomic E-state index is 5.75. The maximum absolute atomic E-state index is 5.75. The first kappa shape index (κ1) is 5.89. The highest BCUT2D eigenvalue weighted by molar-refractivity contribution is 5.24. The lowest BCUT2D eigenvalue weighted by molar-refractivity contribution is 0.316. The van der Waals surface area contributed by atoms with Crippen LogP contribution in [0.15, 0.2) is 30.3 Å². The average molecular weight is 135 g/mol. The van der Waals surface area contributed by atoms with Crippen LogP contribution >= 0.6 is 0 Å². The first-order valence-electron chi connectivity index (χ1n) is 3.30. The third-order valence-electron chi connectivity index (χ3n) is 1.72. The van der Waals surface area contributed by atoms with Crippen molar-refractivity contribution in [3.05, 3.63) is 35.9 Å². The first-order valence-corrected chi connectivity index (χ1v) is 3.30. The van der Waals surface area contributed by atoms with Gasteiger partial charge in [0.25, 0.3) is 0 Å². The molecular weight excluding hydrogens is 126 g/mol. The molecule has 1 saturated heterocycles. The second-order valence-corrected chi connectivity index (χ2v) is 2.54. The van der Waals surface area contributed by atoms with Crippen molar-refractivity contribution in [3.63, 3.8) is 0 Å². The third-order valence-corrected chi connectivity index (χ3v) is 1.72. The van der Waals surface area contributed by atoms with Gasteiger partial charge in [-0.05, 0) is 0 Å². The van der Waals surface area contributed by atoms with Crippen LogP contribution in [0, 0.1) is 0 Å². The molecule has 0 spiro atoms. The molecule has 0 radical (unpaired) electrons. The minimum Gasteiger partial charge on any atom is -0.349 e. The van der Waals surface area contributed by atoms with E-state index in [0.717, 1.165) is 5.56 Å². The van der Waals surface area contributed by atoms with Crippen molar-refractivity contribution in [1.29, 1.82) is 0 Å². The molecule has 1 aliphatic heterocycles. The van der Waals surface area contributed by atoms with Gasteiger partial charge >= 0.3 is 0 Å². The third kappa shape index (κ3) is 0.818. The molecule has 1 heterocycles. The van der Waals surface area contributed by atoms with Crippen LogP contribution < -0.4 is 5.73 Å². The minimum atomic E-state index is -0.457. The Kier molecular flexibility index (Phi) is 1.07. The van der Waals surface area contributed by atoms with Crippen LogP contribution in [0.4, 0.5) is 0 Å². The van der Waals surface area contributed by atoms with Gasteiger partial charge in [0.05, 0.1) is 6.61 Å². The largest absolute Gasteiger partial charge is 0.349 e. The molecule has 0 aliphatic carbocycles. The summed E-state index contributed by atoms with van der Waals surface area (Å²) in [6.45, 7) is 0.650. The van der Waals surface area contributed by atoms with E-state index in [1.54, 1.807) is 0 Å². The van der Waals surface area contributed by atoms with Crippen molar-refractivity contribution in [2.45, 2.75) is 5.72 Å². The van der Waals surface area contributed by atoms with Crippen LogP contribution in [0.1, 0.15) is 5.56 Å². The van der Waals surface area contributed by atoms with E-state index < -0.39 is 5.72 Å². The lowest BCUT2D eigenvalue weighted by Gasteiger charge is -2.02. The lowest BCUT2D eigenvalue weighted by Crippen LogP contribution is -2.20. The Morgan fingerprint density at radius 1 is 1.30 bits per heavy atom. The van der Waals surface area contributed by atoms with Gasteiger partial charge < -0.3 is 4.74 Å². The Bertz CT molecular complexity index is 228. The minimum absolute atomic E-state index is 0.457. The second kappa shape index (κ2) is 1.81. The highest BCUT2D eigenvalue weighted by Crippen LogP contribution is 2.31. The molecule has 10 heavy (non-hydrogen) atoms. The van der Waals surface area contributed by atoms with E-state index in [0.29, 0.717) is 6.61 Å². The van der Waals surface area contributed by atoms with Crippen LogP contribution in [-0.4, -0.2) is 6.61 Å². The van der Waals surface area contributed by atoms with E-state index in [2.05, 4.69) is 0 Å². The Hall–Kier alpha value is -0.860. The van der Waals surface area contributed by atoms with Gasteiger partial charge in [-0.2, -0.15) is 0 Å². The fraction of sp³-hybridized carbons (Fsp3) is 0.250. The Morgan fingerprint density at radius 2 is 1.90 bits per heavy atom. The van der Waals surface area contributed by atoms with Gasteiger partial charge in [-0.1, -0.05) is 30.3 Å². The number of rotatable bonds is 1. The first-order chi connectivity index (χ1) is 4.81. The molecule has 1 unspecified atom stereocenters. The summed E-state index contributed by atoms with van der Waals surface area (Å²) in [5, 5.41) is 0. The molecule has 2 N–H and O–H groups in total. The van der Waals surface area contributed by atoms with Gasteiger partial charge in [-0.25, -0.2) is 0 Å². The molecule has 2 rings (SSSR count). The molecule has 0 amide bonds. The zero-order chi connectivity index (χ0) is 7.03. The zero-order valence-electron chi connectivity index (χ0n) is 5.58. The molecule has 0 saturated carbocycles. The van der Waals surface area contributed by atoms with E-state index in [4.69, 9.17) is 10.5 Å². The highest BCUT2D eigenvalue weighted by atomic mass is 16.6. The number of hydrogen-bond acceptors (Lipinski definition) is 2. The smallest absolute Gasteiger partial charge is 0.166 e. The molecular formula is C8H9NO. The summed E-state index contributed by atoms with van der Waals surface area (Å²) in [7, 11) is 0. The molecule has 2 heteroatoms. The predicted octanol–water partition coefficient (Wildman–Crippen LogP) is 0.828. The van der Waals surface area contributed by atoms with E-state index in [1.807, 2.05) is 30.3 Å². The molecule has 52 valence electrons. The summed E-state index contributed by atoms with van der Waals surface area (Å²) in [4.78, 5) is 0. The van der Waals surface area contributed by atoms with Crippen LogP contribution in [0.5, 0.6) is 0 Å². The van der Waals surface area contributed by atoms with Crippen LogP contribution in [-0.2, 0) is 10.5 Å². The second-order valence-electron chi connectivity index (χ2n) is 2.54. The number of epoxide rings is 1. The lowest BCUT2D eigenvalue weighted by atomic mass is 10.1. The Labute approximate surface area is 59.6 Å². The maximum Gasteiger partial charge on any atom is 0.166 e. The van der Waals surface area contributed by atoms with Gasteiger partial charge in [0, 0.05) is 5.56 Å². The molecule has 1 fully saturated rings. The van der Waals surface area contributed by atoms with Crippen LogP contribution in [0.3, 0.4) is 0 Å². The van der Waals surface area contributed by atoms with Crippen LogP contribution in [0.25, 0.3) is 0 Å². The van der Waals surface area contributed by atoms with Gasteiger partial charge in [0.15, 0.2) is 5.72 Å². The Morgan fingerprint density at radius 3 is 2.40 bits per heavy atom. The number of ether oxygens (including phenoxy) is 1. The summed E-state index contributed by atoms with van der Waals surface area (Å²) < 4.78 is 5.06. The summed E-state index contributed by atoms with van der Waals surface area (Å²) in [5.74, 6) is 0. The van der Waals surface area contributed by atoms with Crippen LogP contribution in [0.2, 0.25) is 0 Å². The highest BCUT2D eigenvalue weighted by Gasteiger charge is 2.41. The molecule has 1 aliphatic rings. The molecule has 0 bridgehead atoms. The Balaban J connectivity index is 2.35. The van der Waals surface area contributed by atoms with Gasteiger partial charge in [0.1, 0.15) is 0 Å². The summed E-state index contributed by atoms with van der Waals surface area (Å²) >= 11 is 0. The van der Waals surface area contributed by atoms with Crippen molar-refractivity contribution in [2.24, 2.45) is 5.73 Å². The quantitative estimate of drug-likeness (QED) is 0.579. The predicted molar refractivity (Wildman–Crippen MR) is 38.3 cm³/mol. The molecule has 2 nitrogen and oxygen atoms in total.